The Hall–Kier alpha value is -3.85. The Bertz CT molecular complexity index is 1170. The summed E-state index contributed by atoms with van der Waals surface area (Å²) in [5.74, 6) is -0.969. The van der Waals surface area contributed by atoms with Crippen molar-refractivity contribution in [2.24, 2.45) is 0 Å². The molecule has 3 N–H and O–H groups in total. The van der Waals surface area contributed by atoms with E-state index in [0.717, 1.165) is 5.56 Å². The van der Waals surface area contributed by atoms with E-state index in [1.54, 1.807) is 48.7 Å². The highest BCUT2D eigenvalue weighted by Crippen LogP contribution is 2.30. The van der Waals surface area contributed by atoms with Crippen LogP contribution >= 0.6 is 23.2 Å². The molecule has 0 fully saturated rings. The molecule has 0 spiro atoms. The summed E-state index contributed by atoms with van der Waals surface area (Å²) in [6.07, 6.45) is 4.24. The number of anilines is 1. The summed E-state index contributed by atoms with van der Waals surface area (Å²) < 4.78 is 0. The Labute approximate surface area is 219 Å². The molecule has 0 unspecified atom stereocenters. The Balaban J connectivity index is 0.00000190. The molecule has 3 rings (SSSR count). The second-order valence-corrected chi connectivity index (χ2v) is 7.23. The first-order valence-electron chi connectivity index (χ1n) is 10.4. The molecule has 0 saturated carbocycles. The van der Waals surface area contributed by atoms with Crippen LogP contribution in [0.5, 0.6) is 0 Å². The van der Waals surface area contributed by atoms with E-state index in [0.29, 0.717) is 38.1 Å². The smallest absolute Gasteiger partial charge is 0.267 e. The van der Waals surface area contributed by atoms with Gasteiger partial charge in [0.15, 0.2) is 0 Å². The molecule has 10 heteroatoms. The fourth-order valence-corrected chi connectivity index (χ4v) is 3.21. The van der Waals surface area contributed by atoms with E-state index in [4.69, 9.17) is 38.0 Å². The van der Waals surface area contributed by atoms with Gasteiger partial charge >= 0.3 is 0 Å². The van der Waals surface area contributed by atoms with Gasteiger partial charge in [-0.2, -0.15) is 0 Å². The maximum absolute atomic E-state index is 12.6. The Morgan fingerprint density at radius 1 is 0.944 bits per heavy atom. The number of benzene rings is 2. The van der Waals surface area contributed by atoms with Crippen LogP contribution in [0.1, 0.15) is 35.3 Å². The SMILES string of the molecule is C=O.C=O.CC.Cc1ccc(C(=O)Nc2ccc(Cl)c(-c3ccc(/C=C/C(=O)NO)cn3)c2)c(Cl)c1. The molecule has 3 aromatic rings. The van der Waals surface area contributed by atoms with Crippen LogP contribution in [0, 0.1) is 6.92 Å². The number of hydroxylamine groups is 1. The molecular formula is C26H27Cl2N3O5. The molecular weight excluding hydrogens is 505 g/mol. The zero-order valence-corrected chi connectivity index (χ0v) is 21.6. The zero-order valence-electron chi connectivity index (χ0n) is 20.0. The van der Waals surface area contributed by atoms with Gasteiger partial charge in [0.1, 0.15) is 13.6 Å². The molecule has 0 saturated heterocycles. The Kier molecular flexibility index (Phi) is 15.7. The van der Waals surface area contributed by atoms with E-state index in [1.165, 1.54) is 17.6 Å². The number of aromatic nitrogens is 1. The lowest BCUT2D eigenvalue weighted by Gasteiger charge is -2.10. The summed E-state index contributed by atoms with van der Waals surface area (Å²) in [6, 6.07) is 13.8. The molecule has 0 aliphatic rings. The first kappa shape index (κ1) is 32.1. The van der Waals surface area contributed by atoms with Crippen LogP contribution in [0.4, 0.5) is 5.69 Å². The lowest BCUT2D eigenvalue weighted by molar-refractivity contribution is -0.124. The lowest BCUT2D eigenvalue weighted by Crippen LogP contribution is -2.14. The average Bonchev–Trinajstić information content (AvgIpc) is 2.92. The molecule has 0 bridgehead atoms. The number of carbonyl (C=O) groups excluding carboxylic acids is 4. The lowest BCUT2D eigenvalue weighted by atomic mass is 10.1. The van der Waals surface area contributed by atoms with Gasteiger partial charge in [0.05, 0.1) is 21.3 Å². The minimum absolute atomic E-state index is 0.330. The highest BCUT2D eigenvalue weighted by atomic mass is 35.5. The summed E-state index contributed by atoms with van der Waals surface area (Å²) in [6.45, 7) is 9.90. The van der Waals surface area contributed by atoms with Gasteiger partial charge in [0.25, 0.3) is 11.8 Å². The quantitative estimate of drug-likeness (QED) is 0.217. The number of hydrogen-bond donors (Lipinski definition) is 3. The second-order valence-electron chi connectivity index (χ2n) is 6.42. The van der Waals surface area contributed by atoms with Crippen molar-refractivity contribution in [1.82, 2.24) is 10.5 Å². The van der Waals surface area contributed by atoms with Crippen LogP contribution in [0.15, 0.2) is 60.8 Å². The molecule has 36 heavy (non-hydrogen) atoms. The number of pyridine rings is 1. The predicted molar refractivity (Wildman–Crippen MR) is 143 cm³/mol. The van der Waals surface area contributed by atoms with Crippen molar-refractivity contribution in [3.8, 4) is 11.3 Å². The van der Waals surface area contributed by atoms with Gasteiger partial charge in [0.2, 0.25) is 0 Å². The number of nitrogens with zero attached hydrogens (tertiary/aromatic N) is 1. The van der Waals surface area contributed by atoms with Gasteiger partial charge in [-0.25, -0.2) is 5.48 Å². The van der Waals surface area contributed by atoms with Crippen LogP contribution in [-0.4, -0.2) is 35.6 Å². The van der Waals surface area contributed by atoms with Crippen LogP contribution < -0.4 is 10.8 Å². The number of halogens is 2. The molecule has 0 radical (unpaired) electrons. The minimum Gasteiger partial charge on any atom is -0.322 e. The van der Waals surface area contributed by atoms with Gasteiger partial charge < -0.3 is 14.9 Å². The number of amides is 2. The van der Waals surface area contributed by atoms with Gasteiger partial charge in [-0.15, -0.1) is 0 Å². The molecule has 0 atom stereocenters. The zero-order chi connectivity index (χ0) is 27.7. The van der Waals surface area contributed by atoms with Crippen molar-refractivity contribution in [1.29, 1.82) is 0 Å². The standard InChI is InChI=1S/C22H17Cl2N3O3.C2H6.2CH2O/c1-13-2-6-16(19(24)10-13)22(29)26-15-5-7-18(23)17(11-15)20-8-3-14(12-25-20)4-9-21(28)27-30;3*1-2/h2-12,30H,1H3,(H,26,29)(H,27,28);1-2H3;2*1H2/b9-4+;;;. The monoisotopic (exact) mass is 531 g/mol. The molecule has 8 nitrogen and oxygen atoms in total. The molecule has 0 aliphatic heterocycles. The van der Waals surface area contributed by atoms with Crippen LogP contribution in [0.2, 0.25) is 10.0 Å². The average molecular weight is 532 g/mol. The molecule has 2 aromatic carbocycles. The van der Waals surface area contributed by atoms with Crippen molar-refractivity contribution < 1.29 is 24.4 Å². The van der Waals surface area contributed by atoms with Crippen molar-refractivity contribution in [2.75, 3.05) is 5.32 Å². The Morgan fingerprint density at radius 3 is 2.17 bits per heavy atom. The third-order valence-corrected chi connectivity index (χ3v) is 4.84. The summed E-state index contributed by atoms with van der Waals surface area (Å²) in [7, 11) is 0. The predicted octanol–water partition coefficient (Wildman–Crippen LogP) is 5.79. The number of aryl methyl sites for hydroxylation is 1. The summed E-state index contributed by atoms with van der Waals surface area (Å²) in [4.78, 5) is 44.0. The van der Waals surface area contributed by atoms with E-state index >= 15 is 0 Å². The fourth-order valence-electron chi connectivity index (χ4n) is 2.67. The number of carbonyl (C=O) groups is 4. The third-order valence-electron chi connectivity index (χ3n) is 4.19. The van der Waals surface area contributed by atoms with Crippen molar-refractivity contribution in [2.45, 2.75) is 20.8 Å². The minimum atomic E-state index is -0.640. The molecule has 190 valence electrons. The number of hydrogen-bond acceptors (Lipinski definition) is 6. The van der Waals surface area contributed by atoms with E-state index < -0.39 is 5.91 Å². The van der Waals surface area contributed by atoms with E-state index in [-0.39, 0.29) is 5.91 Å². The summed E-state index contributed by atoms with van der Waals surface area (Å²) >= 11 is 12.5. The van der Waals surface area contributed by atoms with Gasteiger partial charge in [-0.1, -0.05) is 49.2 Å². The topological polar surface area (TPSA) is 125 Å². The fraction of sp³-hybridized carbons (Fsp3) is 0.115. The van der Waals surface area contributed by atoms with Gasteiger partial charge in [-0.05, 0) is 60.5 Å². The second kappa shape index (κ2) is 17.6. The first-order chi connectivity index (χ1) is 17.4. The van der Waals surface area contributed by atoms with Crippen molar-refractivity contribution in [3.05, 3.63) is 87.5 Å². The van der Waals surface area contributed by atoms with E-state index in [1.807, 2.05) is 40.4 Å². The first-order valence-corrected chi connectivity index (χ1v) is 11.2. The molecule has 1 heterocycles. The van der Waals surface area contributed by atoms with Crippen LogP contribution in [0.3, 0.4) is 0 Å². The number of rotatable bonds is 5. The maximum Gasteiger partial charge on any atom is 0.267 e. The van der Waals surface area contributed by atoms with E-state index in [2.05, 4.69) is 10.3 Å². The van der Waals surface area contributed by atoms with Crippen LogP contribution in [-0.2, 0) is 14.4 Å². The van der Waals surface area contributed by atoms with E-state index in [9.17, 15) is 9.59 Å². The third kappa shape index (κ3) is 9.79. The van der Waals surface area contributed by atoms with Crippen LogP contribution in [0.25, 0.3) is 17.3 Å². The molecule has 2 amide bonds. The molecule has 0 aliphatic carbocycles. The van der Waals surface area contributed by atoms with Crippen molar-refractivity contribution >= 4 is 60.4 Å². The normalized spacial score (nSPS) is 9.39. The van der Waals surface area contributed by atoms with Crippen molar-refractivity contribution in [3.63, 3.8) is 0 Å². The molecule has 1 aromatic heterocycles. The largest absolute Gasteiger partial charge is 0.322 e. The highest BCUT2D eigenvalue weighted by Gasteiger charge is 2.13. The Morgan fingerprint density at radius 2 is 1.61 bits per heavy atom. The summed E-state index contributed by atoms with van der Waals surface area (Å²) in [5, 5.41) is 12.2. The number of nitrogens with one attached hydrogen (secondary N) is 2. The summed E-state index contributed by atoms with van der Waals surface area (Å²) in [5.41, 5.74) is 5.28. The highest BCUT2D eigenvalue weighted by molar-refractivity contribution is 6.35. The van der Waals surface area contributed by atoms with Gasteiger partial charge in [-0.3, -0.25) is 19.8 Å². The van der Waals surface area contributed by atoms with Gasteiger partial charge in [0, 0.05) is 23.5 Å². The maximum atomic E-state index is 12.6.